The van der Waals surface area contributed by atoms with Crippen LogP contribution in [-0.2, 0) is 19.4 Å². The first kappa shape index (κ1) is 20.7. The number of halogens is 1. The molecule has 3 rings (SSSR count). The maximum Gasteiger partial charge on any atom is 0.193 e. The molecule has 0 atom stereocenters. The number of rotatable bonds is 7. The lowest BCUT2D eigenvalue weighted by Gasteiger charge is -2.16. The first-order chi connectivity index (χ1) is 12.2. The average molecular weight is 464 g/mol. The van der Waals surface area contributed by atoms with E-state index >= 15 is 0 Å². The van der Waals surface area contributed by atoms with Crippen molar-refractivity contribution in [2.24, 2.45) is 10.7 Å². The third kappa shape index (κ3) is 6.29. The topological polar surface area (TPSA) is 53.6 Å². The fourth-order valence-corrected chi connectivity index (χ4v) is 3.35. The van der Waals surface area contributed by atoms with E-state index in [2.05, 4.69) is 70.8 Å². The Hall–Kier alpha value is -1.60. The van der Waals surface area contributed by atoms with Crippen molar-refractivity contribution in [1.29, 1.82) is 0 Å². The molecule has 4 nitrogen and oxygen atoms in total. The van der Waals surface area contributed by atoms with E-state index in [1.54, 1.807) is 0 Å². The molecule has 0 radical (unpaired) electrons. The van der Waals surface area contributed by atoms with E-state index < -0.39 is 0 Å². The molecule has 1 aliphatic rings. The molecule has 0 spiro atoms. The van der Waals surface area contributed by atoms with Crippen molar-refractivity contribution < 1.29 is 0 Å². The van der Waals surface area contributed by atoms with Crippen molar-refractivity contribution in [1.82, 2.24) is 4.90 Å². The highest BCUT2D eigenvalue weighted by atomic mass is 127. The number of aryl methyl sites for hydroxylation is 2. The number of guanidine groups is 1. The molecule has 0 amide bonds. The second-order valence-corrected chi connectivity index (χ2v) is 6.81. The van der Waals surface area contributed by atoms with Crippen LogP contribution < -0.4 is 11.1 Å². The summed E-state index contributed by atoms with van der Waals surface area (Å²) in [7, 11) is 2.14. The maximum atomic E-state index is 6.02. The minimum absolute atomic E-state index is 0. The molecule has 0 aliphatic heterocycles. The van der Waals surface area contributed by atoms with E-state index in [9.17, 15) is 0 Å². The second kappa shape index (κ2) is 10.5. The third-order valence-corrected chi connectivity index (χ3v) is 4.65. The van der Waals surface area contributed by atoms with Crippen molar-refractivity contribution in [2.75, 3.05) is 25.5 Å². The molecule has 3 N–H and O–H groups in total. The summed E-state index contributed by atoms with van der Waals surface area (Å²) < 4.78 is 0. The van der Waals surface area contributed by atoms with E-state index in [1.165, 1.54) is 36.0 Å². The quantitative estimate of drug-likeness (QED) is 0.282. The predicted molar refractivity (Wildman–Crippen MR) is 121 cm³/mol. The van der Waals surface area contributed by atoms with Gasteiger partial charge in [0.05, 0.1) is 0 Å². The Balaban J connectivity index is 0.00000243. The molecule has 0 heterocycles. The summed E-state index contributed by atoms with van der Waals surface area (Å²) in [5.41, 5.74) is 11.3. The van der Waals surface area contributed by atoms with Crippen LogP contribution >= 0.6 is 24.0 Å². The van der Waals surface area contributed by atoms with Crippen LogP contribution in [-0.4, -0.2) is 31.0 Å². The highest BCUT2D eigenvalue weighted by Gasteiger charge is 2.10. The fourth-order valence-electron chi connectivity index (χ4n) is 3.35. The highest BCUT2D eigenvalue weighted by molar-refractivity contribution is 14.0. The lowest BCUT2D eigenvalue weighted by atomic mass is 10.1. The Kier molecular flexibility index (Phi) is 8.38. The molecule has 0 unspecified atom stereocenters. The molecule has 26 heavy (non-hydrogen) atoms. The zero-order valence-corrected chi connectivity index (χ0v) is 17.8. The number of hydrogen-bond donors (Lipinski definition) is 2. The van der Waals surface area contributed by atoms with Gasteiger partial charge in [-0.05, 0) is 68.1 Å². The molecule has 5 heteroatoms. The Morgan fingerprint density at radius 2 is 1.88 bits per heavy atom. The van der Waals surface area contributed by atoms with Gasteiger partial charge >= 0.3 is 0 Å². The zero-order valence-electron chi connectivity index (χ0n) is 15.4. The van der Waals surface area contributed by atoms with Gasteiger partial charge in [0.25, 0.3) is 0 Å². The van der Waals surface area contributed by atoms with Crippen LogP contribution in [0.15, 0.2) is 53.5 Å². The molecular weight excluding hydrogens is 435 g/mol. The summed E-state index contributed by atoms with van der Waals surface area (Å²) in [5.74, 6) is 0.503. The molecular formula is C21H29IN4. The highest BCUT2D eigenvalue weighted by Crippen LogP contribution is 2.24. The number of nitrogens with zero attached hydrogens (tertiary/aromatic N) is 2. The molecule has 2 aromatic rings. The third-order valence-electron chi connectivity index (χ3n) is 4.65. The van der Waals surface area contributed by atoms with Crippen molar-refractivity contribution >= 4 is 35.6 Å². The minimum atomic E-state index is 0. The molecule has 1 aliphatic carbocycles. The van der Waals surface area contributed by atoms with Gasteiger partial charge < -0.3 is 16.0 Å². The molecule has 2 aromatic carbocycles. The number of nitrogens with two attached hydrogens (primary N) is 1. The van der Waals surface area contributed by atoms with Crippen molar-refractivity contribution in [3.05, 3.63) is 65.2 Å². The average Bonchev–Trinajstić information content (AvgIpc) is 3.07. The van der Waals surface area contributed by atoms with Crippen LogP contribution in [0.2, 0.25) is 0 Å². The summed E-state index contributed by atoms with van der Waals surface area (Å²) in [6.45, 7) is 2.71. The predicted octanol–water partition coefficient (Wildman–Crippen LogP) is 4.04. The normalized spacial score (nSPS) is 13.4. The number of fused-ring (bicyclic) bond motifs is 1. The van der Waals surface area contributed by atoms with Crippen LogP contribution in [0.4, 0.5) is 5.69 Å². The first-order valence-corrected chi connectivity index (χ1v) is 9.12. The summed E-state index contributed by atoms with van der Waals surface area (Å²) in [5, 5.41) is 3.21. The van der Waals surface area contributed by atoms with Crippen LogP contribution in [0.1, 0.15) is 29.5 Å². The first-order valence-electron chi connectivity index (χ1n) is 9.12. The van der Waals surface area contributed by atoms with E-state index in [1.807, 2.05) is 0 Å². The largest absolute Gasteiger partial charge is 0.370 e. The van der Waals surface area contributed by atoms with E-state index in [-0.39, 0.29) is 24.0 Å². The molecule has 0 saturated heterocycles. The van der Waals surface area contributed by atoms with Crippen LogP contribution in [0, 0.1) is 0 Å². The van der Waals surface area contributed by atoms with Crippen molar-refractivity contribution in [3.8, 4) is 0 Å². The Labute approximate surface area is 173 Å². The lowest BCUT2D eigenvalue weighted by molar-refractivity contribution is 0.324. The van der Waals surface area contributed by atoms with Crippen LogP contribution in [0.25, 0.3) is 0 Å². The number of benzene rings is 2. The van der Waals surface area contributed by atoms with Gasteiger partial charge in [0, 0.05) is 18.8 Å². The summed E-state index contributed by atoms with van der Waals surface area (Å²) in [4.78, 5) is 6.76. The van der Waals surface area contributed by atoms with Gasteiger partial charge in [0.15, 0.2) is 5.96 Å². The van der Waals surface area contributed by atoms with Gasteiger partial charge in [-0.2, -0.15) is 0 Å². The molecule has 140 valence electrons. The molecule has 0 bridgehead atoms. The zero-order chi connectivity index (χ0) is 17.5. The Morgan fingerprint density at radius 1 is 1.12 bits per heavy atom. The van der Waals surface area contributed by atoms with E-state index in [4.69, 9.17) is 5.73 Å². The molecule has 0 saturated carbocycles. The Morgan fingerprint density at radius 3 is 2.69 bits per heavy atom. The van der Waals surface area contributed by atoms with Gasteiger partial charge in [-0.1, -0.05) is 36.4 Å². The van der Waals surface area contributed by atoms with Gasteiger partial charge in [-0.15, -0.1) is 24.0 Å². The smallest absolute Gasteiger partial charge is 0.193 e. The van der Waals surface area contributed by atoms with Gasteiger partial charge in [-0.25, -0.2) is 0 Å². The fraction of sp³-hybridized carbons (Fsp3) is 0.381. The number of aliphatic imine (C=N–C) groups is 1. The standard InChI is InChI=1S/C21H28N4.HI/c1-25(16-17-7-3-2-4-8-17)14-6-13-23-21(22)24-20-12-11-18-9-5-10-19(18)15-20;/h2-4,7-8,11-12,15H,5-6,9-10,13-14,16H2,1H3,(H3,22,23,24);1H. The SMILES string of the molecule is CN(CCCN=C(N)Nc1ccc2c(c1)CCC2)Cc1ccccc1.I. The Bertz CT molecular complexity index is 715. The van der Waals surface area contributed by atoms with Crippen molar-refractivity contribution in [3.63, 3.8) is 0 Å². The van der Waals surface area contributed by atoms with Gasteiger partial charge in [0.1, 0.15) is 0 Å². The van der Waals surface area contributed by atoms with Crippen LogP contribution in [0.3, 0.4) is 0 Å². The monoisotopic (exact) mass is 464 g/mol. The number of nitrogens with one attached hydrogen (secondary N) is 1. The lowest BCUT2D eigenvalue weighted by Crippen LogP contribution is -2.24. The molecule has 0 fully saturated rings. The minimum Gasteiger partial charge on any atom is -0.370 e. The van der Waals surface area contributed by atoms with Gasteiger partial charge in [0.2, 0.25) is 0 Å². The summed E-state index contributed by atoms with van der Waals surface area (Å²) in [6, 6.07) is 17.0. The number of hydrogen-bond acceptors (Lipinski definition) is 2. The summed E-state index contributed by atoms with van der Waals surface area (Å²) >= 11 is 0. The van der Waals surface area contributed by atoms with Crippen LogP contribution in [0.5, 0.6) is 0 Å². The second-order valence-electron chi connectivity index (χ2n) is 6.81. The maximum absolute atomic E-state index is 6.02. The molecule has 0 aromatic heterocycles. The summed E-state index contributed by atoms with van der Waals surface area (Å²) in [6.07, 6.45) is 4.64. The number of anilines is 1. The van der Waals surface area contributed by atoms with Crippen molar-refractivity contribution in [2.45, 2.75) is 32.2 Å². The van der Waals surface area contributed by atoms with E-state index in [0.29, 0.717) is 5.96 Å². The van der Waals surface area contributed by atoms with Gasteiger partial charge in [-0.3, -0.25) is 4.99 Å². The van der Waals surface area contributed by atoms with E-state index in [0.717, 1.165) is 31.7 Å².